The fourth-order valence-corrected chi connectivity index (χ4v) is 10.6. The smallest absolute Gasteiger partial charge is 0.304 e. The zero-order chi connectivity index (χ0) is 38.2. The number of β-lactam (4-membered cyclic amide) rings is 3. The van der Waals surface area contributed by atoms with Crippen molar-refractivity contribution < 1.29 is 37.2 Å². The number of carbonyl (C=O) groups excluding carboxylic acids is 4. The summed E-state index contributed by atoms with van der Waals surface area (Å²) in [6, 6.07) is 0. The van der Waals surface area contributed by atoms with Crippen LogP contribution in [0, 0.1) is 17.8 Å². The van der Waals surface area contributed by atoms with Crippen molar-refractivity contribution in [3.63, 3.8) is 0 Å². The third-order valence-electron chi connectivity index (χ3n) is 12.4. The molecule has 0 radical (unpaired) electrons. The Morgan fingerprint density at radius 1 is 0.633 bits per heavy atom. The van der Waals surface area contributed by atoms with Crippen molar-refractivity contribution in [1.29, 1.82) is 0 Å². The monoisotopic (exact) mass is 741 g/mol. The van der Waals surface area contributed by atoms with Gasteiger partial charge in [0.05, 0.1) is 18.3 Å². The van der Waals surface area contributed by atoms with Crippen LogP contribution in [-0.4, -0.2) is 95.3 Å². The first kappa shape index (κ1) is 41.8. The molecule has 0 saturated carbocycles. The number of rotatable bonds is 12. The predicted molar refractivity (Wildman–Crippen MR) is 199 cm³/mol. The molecule has 3 amide bonds. The van der Waals surface area contributed by atoms with Gasteiger partial charge in [0.15, 0.2) is 31.2 Å². The van der Waals surface area contributed by atoms with Crippen LogP contribution in [0.3, 0.4) is 0 Å². The van der Waals surface area contributed by atoms with E-state index >= 15 is 0 Å². The molecule has 3 saturated heterocycles. The highest BCUT2D eigenvalue weighted by Gasteiger charge is 2.68. The zero-order valence-corrected chi connectivity index (χ0v) is 36.9. The SMILES string of the molecule is CC(=O)OC1C(C(C)O[Si](C)(C)C(C)(C)C)C(=O)N1C1C(C(C)O[Si](C)(C)C(C)(C)C)C(=O)N1C1NC(=O)C1C(C)O[Si](C)(C)C(C)(C)C. The Morgan fingerprint density at radius 2 is 0.980 bits per heavy atom. The number of amides is 3. The van der Waals surface area contributed by atoms with E-state index in [4.69, 9.17) is 18.0 Å². The summed E-state index contributed by atoms with van der Waals surface area (Å²) in [5.74, 6) is -3.27. The van der Waals surface area contributed by atoms with Crippen LogP contribution in [0.25, 0.3) is 0 Å². The van der Waals surface area contributed by atoms with Gasteiger partial charge >= 0.3 is 5.97 Å². The molecule has 9 atom stereocenters. The molecular formula is C35H67N3O8Si3. The van der Waals surface area contributed by atoms with Crippen LogP contribution in [-0.2, 0) is 37.2 Å². The fourth-order valence-electron chi connectivity index (χ4n) is 6.33. The van der Waals surface area contributed by atoms with Crippen LogP contribution in [0.2, 0.25) is 54.4 Å². The maximum Gasteiger partial charge on any atom is 0.304 e. The summed E-state index contributed by atoms with van der Waals surface area (Å²) in [7, 11) is -6.86. The molecule has 49 heavy (non-hydrogen) atoms. The average Bonchev–Trinajstić information content (AvgIpc) is 2.84. The molecule has 3 fully saturated rings. The highest BCUT2D eigenvalue weighted by atomic mass is 28.4. The molecule has 0 bridgehead atoms. The van der Waals surface area contributed by atoms with Crippen molar-refractivity contribution >= 4 is 48.6 Å². The molecule has 3 heterocycles. The zero-order valence-electron chi connectivity index (χ0n) is 33.9. The Labute approximate surface area is 299 Å². The number of ether oxygens (including phenoxy) is 1. The van der Waals surface area contributed by atoms with Crippen molar-refractivity contribution in [2.75, 3.05) is 0 Å². The lowest BCUT2D eigenvalue weighted by atomic mass is 9.78. The Balaban J connectivity index is 2.04. The maximum atomic E-state index is 14.3. The van der Waals surface area contributed by atoms with Gasteiger partial charge < -0.3 is 23.3 Å². The minimum absolute atomic E-state index is 0.0762. The number of nitrogens with one attached hydrogen (secondary N) is 1. The number of carbonyl (C=O) groups is 4. The summed E-state index contributed by atoms with van der Waals surface area (Å²) in [6.07, 6.45) is -3.94. The summed E-state index contributed by atoms with van der Waals surface area (Å²) in [6.45, 7) is 39.0. The van der Waals surface area contributed by atoms with Gasteiger partial charge in [-0.15, -0.1) is 0 Å². The summed E-state index contributed by atoms with van der Waals surface area (Å²) >= 11 is 0. The van der Waals surface area contributed by atoms with E-state index in [-0.39, 0.29) is 32.8 Å². The van der Waals surface area contributed by atoms with Gasteiger partial charge in [-0.1, -0.05) is 62.3 Å². The van der Waals surface area contributed by atoms with E-state index in [1.54, 1.807) is 4.90 Å². The van der Waals surface area contributed by atoms with E-state index in [0.29, 0.717) is 0 Å². The number of esters is 1. The van der Waals surface area contributed by atoms with Crippen LogP contribution in [0.5, 0.6) is 0 Å². The predicted octanol–water partition coefficient (Wildman–Crippen LogP) is 6.42. The summed E-state index contributed by atoms with van der Waals surface area (Å²) in [5.41, 5.74) is 0. The van der Waals surface area contributed by atoms with Crippen LogP contribution >= 0.6 is 0 Å². The second kappa shape index (κ2) is 13.4. The third kappa shape index (κ3) is 7.79. The maximum absolute atomic E-state index is 14.3. The number of likely N-dealkylation sites (tertiary alicyclic amines) is 2. The first-order chi connectivity index (χ1) is 21.8. The van der Waals surface area contributed by atoms with Gasteiger partial charge in [0.2, 0.25) is 17.7 Å². The van der Waals surface area contributed by atoms with Crippen molar-refractivity contribution in [1.82, 2.24) is 15.1 Å². The van der Waals surface area contributed by atoms with Crippen molar-refractivity contribution in [3.05, 3.63) is 0 Å². The third-order valence-corrected chi connectivity index (χ3v) is 26.2. The fraction of sp³-hybridized carbons (Fsp3) is 0.886. The van der Waals surface area contributed by atoms with E-state index in [1.807, 2.05) is 20.8 Å². The number of hydrogen-bond acceptors (Lipinski definition) is 8. The van der Waals surface area contributed by atoms with E-state index in [1.165, 1.54) is 11.8 Å². The quantitative estimate of drug-likeness (QED) is 0.138. The van der Waals surface area contributed by atoms with Crippen molar-refractivity contribution in [3.8, 4) is 0 Å². The van der Waals surface area contributed by atoms with Crippen molar-refractivity contribution in [2.24, 2.45) is 17.8 Å². The summed E-state index contributed by atoms with van der Waals surface area (Å²) < 4.78 is 25.9. The lowest BCUT2D eigenvalue weighted by Crippen LogP contribution is -2.85. The first-order valence-corrected chi connectivity index (χ1v) is 26.7. The Kier molecular flexibility index (Phi) is 11.5. The van der Waals surface area contributed by atoms with E-state index in [2.05, 4.69) is 107 Å². The summed E-state index contributed by atoms with van der Waals surface area (Å²) in [5, 5.41) is 2.67. The normalized spacial score (nSPS) is 29.0. The molecule has 9 unspecified atom stereocenters. The molecule has 3 rings (SSSR count). The standard InChI is InChI=1S/C35H67N3O8Si3/c1-20(44-47(14,15)33(5,6)7)24-27(36-28(24)40)37-29(25(30(37)41)21(2)45-48(16,17)34(8,9)10)38-31(42)26(32(38)43-23(4)39)22(3)46-49(18,19)35(11,12)13/h20-22,24-27,29,32H,1-19H3,(H,36,40). The van der Waals surface area contributed by atoms with Gasteiger partial charge in [-0.2, -0.15) is 0 Å². The van der Waals surface area contributed by atoms with E-state index in [0.717, 1.165) is 0 Å². The molecule has 14 heteroatoms. The lowest BCUT2D eigenvalue weighted by molar-refractivity contribution is -0.251. The topological polar surface area (TPSA) is 124 Å². The van der Waals surface area contributed by atoms with E-state index < -0.39 is 85.5 Å². The second-order valence-electron chi connectivity index (χ2n) is 19.2. The molecule has 3 aliphatic heterocycles. The minimum Gasteiger partial charge on any atom is -0.441 e. The Morgan fingerprint density at radius 3 is 1.33 bits per heavy atom. The van der Waals surface area contributed by atoms with Gasteiger partial charge in [0, 0.05) is 6.92 Å². The second-order valence-corrected chi connectivity index (χ2v) is 33.5. The van der Waals surface area contributed by atoms with Crippen LogP contribution in [0.4, 0.5) is 0 Å². The Bertz CT molecular complexity index is 1300. The summed E-state index contributed by atoms with van der Waals surface area (Å²) in [4.78, 5) is 57.5. The van der Waals surface area contributed by atoms with Gasteiger partial charge in [0.25, 0.3) is 0 Å². The van der Waals surface area contributed by atoms with Gasteiger partial charge in [-0.25, -0.2) is 0 Å². The molecule has 1 N–H and O–H groups in total. The molecule has 3 aliphatic rings. The Hall–Kier alpha value is -1.59. The van der Waals surface area contributed by atoms with Crippen LogP contribution in [0.1, 0.15) is 90.0 Å². The molecule has 0 aromatic carbocycles. The van der Waals surface area contributed by atoms with Gasteiger partial charge in [-0.05, 0) is 75.2 Å². The minimum atomic E-state index is -2.33. The highest BCUT2D eigenvalue weighted by molar-refractivity contribution is 6.75. The lowest BCUT2D eigenvalue weighted by Gasteiger charge is -2.64. The molecule has 0 aromatic heterocycles. The average molecular weight is 742 g/mol. The molecule has 282 valence electrons. The van der Waals surface area contributed by atoms with Crippen LogP contribution in [0.15, 0.2) is 0 Å². The highest BCUT2D eigenvalue weighted by Crippen LogP contribution is 2.49. The van der Waals surface area contributed by atoms with Crippen molar-refractivity contribution in [2.45, 2.75) is 181 Å². The van der Waals surface area contributed by atoms with E-state index in [9.17, 15) is 19.2 Å². The molecule has 0 spiro atoms. The molecule has 11 nitrogen and oxygen atoms in total. The number of nitrogens with zero attached hydrogens (tertiary/aromatic N) is 2. The van der Waals surface area contributed by atoms with Gasteiger partial charge in [0.1, 0.15) is 30.1 Å². The molecular weight excluding hydrogens is 675 g/mol. The van der Waals surface area contributed by atoms with Gasteiger partial charge in [-0.3, -0.25) is 29.0 Å². The number of hydrogen-bond donors (Lipinski definition) is 1. The molecule has 0 aliphatic carbocycles. The largest absolute Gasteiger partial charge is 0.441 e. The molecule has 0 aromatic rings. The van der Waals surface area contributed by atoms with Crippen LogP contribution < -0.4 is 5.32 Å². The first-order valence-electron chi connectivity index (χ1n) is 17.9.